The van der Waals surface area contributed by atoms with Crippen LogP contribution in [0.25, 0.3) is 10.9 Å². The Bertz CT molecular complexity index is 1750. The number of pyridine rings is 3. The van der Waals surface area contributed by atoms with E-state index in [2.05, 4.69) is 15.3 Å². The summed E-state index contributed by atoms with van der Waals surface area (Å²) in [5, 5.41) is 3.55. The Labute approximate surface area is 234 Å². The summed E-state index contributed by atoms with van der Waals surface area (Å²) in [5.41, 5.74) is 1.87. The zero-order valence-electron chi connectivity index (χ0n) is 21.7. The van der Waals surface area contributed by atoms with Crippen molar-refractivity contribution in [1.82, 2.24) is 20.3 Å². The lowest BCUT2D eigenvalue weighted by molar-refractivity contribution is 0.0950. The predicted molar refractivity (Wildman–Crippen MR) is 145 cm³/mol. The van der Waals surface area contributed by atoms with Gasteiger partial charge in [-0.05, 0) is 48.0 Å². The molecule has 2 aliphatic heterocycles. The number of hydrogen-bond acceptors (Lipinski definition) is 9. The molecule has 212 valence electrons. The van der Waals surface area contributed by atoms with Crippen LogP contribution < -0.4 is 15.0 Å². The molecular weight excluding hydrogens is 556 g/mol. The first-order valence-corrected chi connectivity index (χ1v) is 14.6. The molecule has 0 saturated carbocycles. The van der Waals surface area contributed by atoms with Gasteiger partial charge in [-0.1, -0.05) is 6.07 Å². The van der Waals surface area contributed by atoms with Crippen molar-refractivity contribution in [3.63, 3.8) is 0 Å². The van der Waals surface area contributed by atoms with E-state index in [9.17, 15) is 22.0 Å². The van der Waals surface area contributed by atoms with Crippen molar-refractivity contribution in [1.29, 1.82) is 0 Å². The van der Waals surface area contributed by atoms with E-state index in [0.29, 0.717) is 47.3 Å². The number of sulfone groups is 1. The number of carbonyl (C=O) groups excluding carboxylic acids is 1. The predicted octanol–water partition coefficient (Wildman–Crippen LogP) is 3.77. The molecule has 1 amide bonds. The number of benzene rings is 1. The first-order valence-electron chi connectivity index (χ1n) is 12.9. The maximum Gasteiger partial charge on any atom is 0.251 e. The molecule has 1 aromatic carbocycles. The summed E-state index contributed by atoms with van der Waals surface area (Å²) in [4.78, 5) is 28.2. The van der Waals surface area contributed by atoms with Gasteiger partial charge in [-0.25, -0.2) is 27.2 Å². The topological polar surface area (TPSA) is 124 Å². The average molecular weight is 582 g/mol. The Morgan fingerprint density at radius 1 is 1.10 bits per heavy atom. The van der Waals surface area contributed by atoms with E-state index < -0.39 is 28.6 Å². The normalized spacial score (nSPS) is 16.7. The Hall–Kier alpha value is -4.23. The highest BCUT2D eigenvalue weighted by Gasteiger charge is 2.26. The smallest absolute Gasteiger partial charge is 0.251 e. The summed E-state index contributed by atoms with van der Waals surface area (Å²) in [6.45, 7) is -0.0397. The molecule has 5 heterocycles. The Morgan fingerprint density at radius 2 is 1.98 bits per heavy atom. The number of halogens is 2. The van der Waals surface area contributed by atoms with Gasteiger partial charge in [0.25, 0.3) is 5.91 Å². The van der Waals surface area contributed by atoms with Crippen LogP contribution in [0, 0.1) is 0 Å². The zero-order valence-corrected chi connectivity index (χ0v) is 22.5. The summed E-state index contributed by atoms with van der Waals surface area (Å²) >= 11 is 0. The number of ether oxygens (including phenoxy) is 2. The van der Waals surface area contributed by atoms with E-state index in [4.69, 9.17) is 14.5 Å². The molecule has 1 N–H and O–H groups in total. The molecule has 0 saturated heterocycles. The third-order valence-corrected chi connectivity index (χ3v) is 8.64. The van der Waals surface area contributed by atoms with E-state index in [1.165, 1.54) is 12.1 Å². The minimum atomic E-state index is -3.54. The van der Waals surface area contributed by atoms with Crippen LogP contribution in [0.5, 0.6) is 5.75 Å². The van der Waals surface area contributed by atoms with Crippen LogP contribution in [-0.4, -0.2) is 61.5 Å². The van der Waals surface area contributed by atoms with Gasteiger partial charge >= 0.3 is 0 Å². The zero-order chi connectivity index (χ0) is 28.6. The summed E-state index contributed by atoms with van der Waals surface area (Å²) < 4.78 is 63.1. The molecule has 0 radical (unpaired) electrons. The molecule has 13 heteroatoms. The van der Waals surface area contributed by atoms with E-state index in [1.54, 1.807) is 41.4 Å². The molecule has 6 rings (SSSR count). The second-order valence-corrected chi connectivity index (χ2v) is 11.7. The molecule has 0 aliphatic carbocycles. The lowest BCUT2D eigenvalue weighted by Gasteiger charge is -2.29. The van der Waals surface area contributed by atoms with Crippen LogP contribution in [0.4, 0.5) is 20.4 Å². The molecule has 41 heavy (non-hydrogen) atoms. The largest absolute Gasteiger partial charge is 0.488 e. The van der Waals surface area contributed by atoms with Gasteiger partial charge in [0.05, 0.1) is 53.9 Å². The van der Waals surface area contributed by atoms with Gasteiger partial charge in [0, 0.05) is 17.1 Å². The van der Waals surface area contributed by atoms with Gasteiger partial charge in [-0.3, -0.25) is 9.78 Å². The van der Waals surface area contributed by atoms with E-state index in [0.717, 1.165) is 5.39 Å². The lowest BCUT2D eigenvalue weighted by Crippen LogP contribution is -2.30. The minimum Gasteiger partial charge on any atom is -0.488 e. The maximum atomic E-state index is 14.0. The van der Waals surface area contributed by atoms with Gasteiger partial charge in [0.15, 0.2) is 27.6 Å². The lowest BCUT2D eigenvalue weighted by atomic mass is 10.1. The standard InChI is InChI=1S/C28H25F2N5O5S/c29-13-21(30)22-4-5-24-27(34-22)35(7-8-40-24)26-6-3-18-14-31-20(12-23(18)33-26)15-32-28(36)17-1-2-19-16-39-9-10-41(37,38)25(19)11-17/h1-6,11-12,14,21H,7-10,13,15-16H2,(H,32,36). The summed E-state index contributed by atoms with van der Waals surface area (Å²) in [6.07, 6.45) is -0.192. The molecule has 4 aromatic rings. The first-order chi connectivity index (χ1) is 19.8. The number of rotatable bonds is 6. The van der Waals surface area contributed by atoms with Gasteiger partial charge in [-0.2, -0.15) is 0 Å². The number of aromatic nitrogens is 3. The Balaban J connectivity index is 1.22. The van der Waals surface area contributed by atoms with E-state index in [1.807, 2.05) is 6.07 Å². The fourth-order valence-corrected chi connectivity index (χ4v) is 6.11. The van der Waals surface area contributed by atoms with Gasteiger partial charge < -0.3 is 19.7 Å². The average Bonchev–Trinajstić information content (AvgIpc) is 3.15. The maximum absolute atomic E-state index is 14.0. The molecule has 3 aromatic heterocycles. The number of nitrogens with zero attached hydrogens (tertiary/aromatic N) is 4. The van der Waals surface area contributed by atoms with Gasteiger partial charge in [0.2, 0.25) is 0 Å². The van der Waals surface area contributed by atoms with Gasteiger partial charge in [0.1, 0.15) is 19.1 Å². The number of hydrogen-bond donors (Lipinski definition) is 1. The molecule has 0 fully saturated rings. The van der Waals surface area contributed by atoms with Crippen LogP contribution >= 0.6 is 0 Å². The first kappa shape index (κ1) is 27.0. The fourth-order valence-electron chi connectivity index (χ4n) is 4.72. The number of fused-ring (bicyclic) bond motifs is 3. The molecular formula is C28H25F2N5O5S. The van der Waals surface area contributed by atoms with Crippen molar-refractivity contribution in [3.05, 3.63) is 77.2 Å². The van der Waals surface area contributed by atoms with Crippen LogP contribution in [0.1, 0.15) is 33.5 Å². The third kappa shape index (κ3) is 5.42. The molecule has 0 bridgehead atoms. The van der Waals surface area contributed by atoms with Crippen LogP contribution in [0.2, 0.25) is 0 Å². The van der Waals surface area contributed by atoms with Crippen LogP contribution in [0.3, 0.4) is 0 Å². The van der Waals surface area contributed by atoms with Crippen molar-refractivity contribution < 1.29 is 31.5 Å². The molecule has 1 unspecified atom stereocenters. The SMILES string of the molecule is O=C(NCc1cc2nc(N3CCOc4ccc(C(F)CF)nc43)ccc2cn1)c1ccc2c(c1)S(=O)(=O)CCOC2. The van der Waals surface area contributed by atoms with Crippen molar-refractivity contribution in [2.24, 2.45) is 0 Å². The second kappa shape index (κ2) is 11.0. The van der Waals surface area contributed by atoms with Gasteiger partial charge in [-0.15, -0.1) is 0 Å². The number of nitrogens with one attached hydrogen (secondary N) is 1. The Kier molecular flexibility index (Phi) is 7.22. The number of carbonyl (C=O) groups is 1. The van der Waals surface area contributed by atoms with Crippen LogP contribution in [0.15, 0.2) is 59.6 Å². The van der Waals surface area contributed by atoms with E-state index >= 15 is 0 Å². The summed E-state index contributed by atoms with van der Waals surface area (Å²) in [5.74, 6) is 0.765. The quantitative estimate of drug-likeness (QED) is 0.362. The molecule has 2 aliphatic rings. The summed E-state index contributed by atoms with van der Waals surface area (Å²) in [6, 6.07) is 12.9. The highest BCUT2D eigenvalue weighted by Crippen LogP contribution is 2.36. The molecule has 10 nitrogen and oxygen atoms in total. The highest BCUT2D eigenvalue weighted by molar-refractivity contribution is 7.91. The number of amides is 1. The third-order valence-electron chi connectivity index (χ3n) is 6.89. The van der Waals surface area contributed by atoms with E-state index in [-0.39, 0.29) is 41.7 Å². The molecule has 1 atom stereocenters. The second-order valence-electron chi connectivity index (χ2n) is 9.59. The monoisotopic (exact) mass is 581 g/mol. The van der Waals surface area contributed by atoms with Crippen molar-refractivity contribution in [3.8, 4) is 5.75 Å². The van der Waals surface area contributed by atoms with Crippen molar-refractivity contribution in [2.75, 3.05) is 37.1 Å². The molecule has 0 spiro atoms. The van der Waals surface area contributed by atoms with Crippen molar-refractivity contribution in [2.45, 2.75) is 24.2 Å². The number of alkyl halides is 2. The minimum absolute atomic E-state index is 0.0230. The fraction of sp³-hybridized carbons (Fsp3) is 0.286. The van der Waals surface area contributed by atoms with Crippen LogP contribution in [-0.2, 0) is 27.7 Å². The van der Waals surface area contributed by atoms with Crippen molar-refractivity contribution >= 4 is 38.3 Å². The number of anilines is 2. The highest BCUT2D eigenvalue weighted by atomic mass is 32.2. The summed E-state index contributed by atoms with van der Waals surface area (Å²) in [7, 11) is -3.54. The Morgan fingerprint density at radius 3 is 2.83 bits per heavy atom.